The van der Waals surface area contributed by atoms with Gasteiger partial charge in [-0.05, 0) is 17.7 Å². The van der Waals surface area contributed by atoms with E-state index in [9.17, 15) is 8.42 Å². The number of hydrogen-bond donors (Lipinski definition) is 1. The molecule has 2 rings (SSSR count). The molecular weight excluding hydrogens is 276 g/mol. The molecule has 0 aliphatic carbocycles. The average Bonchev–Trinajstić information content (AvgIpc) is 2.84. The fourth-order valence-corrected chi connectivity index (χ4v) is 2.10. The highest BCUT2D eigenvalue weighted by molar-refractivity contribution is 7.93. The van der Waals surface area contributed by atoms with E-state index in [1.54, 1.807) is 23.1 Å². The Bertz CT molecular complexity index is 595. The van der Waals surface area contributed by atoms with Gasteiger partial charge >= 0.3 is 0 Å². The van der Waals surface area contributed by atoms with Crippen molar-refractivity contribution >= 4 is 27.3 Å². The van der Waals surface area contributed by atoms with Crippen LogP contribution in [0.3, 0.4) is 0 Å². The van der Waals surface area contributed by atoms with Gasteiger partial charge in [0.15, 0.2) is 0 Å². The lowest BCUT2D eigenvalue weighted by Gasteiger charge is -2.06. The van der Waals surface area contributed by atoms with Crippen LogP contribution in [-0.4, -0.2) is 28.4 Å². The number of sulfonamides is 1. The lowest BCUT2D eigenvalue weighted by Crippen LogP contribution is -2.13. The third-order valence-electron chi connectivity index (χ3n) is 2.18. The lowest BCUT2D eigenvalue weighted by molar-refractivity contribution is 0.605. The number of benzene rings is 1. The Hall–Kier alpha value is -1.60. The molecular formula is C10H11ClN4O2S. The quantitative estimate of drug-likeness (QED) is 0.840. The Morgan fingerprint density at radius 3 is 2.56 bits per heavy atom. The molecule has 0 spiro atoms. The molecule has 1 N–H and O–H groups in total. The van der Waals surface area contributed by atoms with Crippen LogP contribution in [0.2, 0.25) is 0 Å². The maximum Gasteiger partial charge on any atom is 0.246 e. The monoisotopic (exact) mass is 286 g/mol. The molecule has 0 fully saturated rings. The number of nitrogens with one attached hydrogen (secondary N) is 1. The number of rotatable bonds is 5. The van der Waals surface area contributed by atoms with Crippen molar-refractivity contribution in [1.82, 2.24) is 14.8 Å². The van der Waals surface area contributed by atoms with Crippen molar-refractivity contribution in [2.75, 3.05) is 9.93 Å². The molecule has 0 saturated carbocycles. The minimum Gasteiger partial charge on any atom is -0.283 e. The largest absolute Gasteiger partial charge is 0.283 e. The highest BCUT2D eigenvalue weighted by Crippen LogP contribution is 2.12. The van der Waals surface area contributed by atoms with Crippen LogP contribution < -0.4 is 4.72 Å². The molecule has 1 aromatic heterocycles. The van der Waals surface area contributed by atoms with Crippen LogP contribution in [-0.2, 0) is 16.6 Å². The topological polar surface area (TPSA) is 76.9 Å². The second kappa shape index (κ2) is 5.36. The van der Waals surface area contributed by atoms with Crippen LogP contribution in [0.15, 0.2) is 36.9 Å². The molecule has 0 atom stereocenters. The number of nitrogens with zero attached hydrogens (tertiary/aromatic N) is 3. The molecule has 8 heteroatoms. The van der Waals surface area contributed by atoms with Crippen molar-refractivity contribution in [2.24, 2.45) is 0 Å². The van der Waals surface area contributed by atoms with Crippen LogP contribution in [0.4, 0.5) is 5.69 Å². The van der Waals surface area contributed by atoms with E-state index in [0.29, 0.717) is 12.2 Å². The van der Waals surface area contributed by atoms with E-state index >= 15 is 0 Å². The average molecular weight is 287 g/mol. The summed E-state index contributed by atoms with van der Waals surface area (Å²) in [6.07, 6.45) is 3.08. The summed E-state index contributed by atoms with van der Waals surface area (Å²) in [4.78, 5) is 3.84. The Labute approximate surface area is 110 Å². The summed E-state index contributed by atoms with van der Waals surface area (Å²) in [5.74, 6) is 0. The maximum atomic E-state index is 11.2. The molecule has 0 saturated heterocycles. The van der Waals surface area contributed by atoms with E-state index in [1.165, 1.54) is 6.33 Å². The molecule has 0 aliphatic rings. The Kier molecular flexibility index (Phi) is 3.83. The number of halogens is 1. The third-order valence-corrected chi connectivity index (χ3v) is 3.88. The molecule has 0 unspecified atom stereocenters. The van der Waals surface area contributed by atoms with Crippen molar-refractivity contribution in [3.05, 3.63) is 42.5 Å². The predicted molar refractivity (Wildman–Crippen MR) is 68.8 cm³/mol. The Balaban J connectivity index is 2.06. The van der Waals surface area contributed by atoms with Gasteiger partial charge in [-0.2, -0.15) is 5.10 Å². The van der Waals surface area contributed by atoms with Gasteiger partial charge in [-0.15, -0.1) is 11.6 Å². The molecule has 0 amide bonds. The fourth-order valence-electron chi connectivity index (χ4n) is 1.39. The van der Waals surface area contributed by atoms with Gasteiger partial charge in [0, 0.05) is 5.69 Å². The first-order valence-electron chi connectivity index (χ1n) is 5.07. The van der Waals surface area contributed by atoms with Crippen molar-refractivity contribution in [3.8, 4) is 0 Å². The van der Waals surface area contributed by atoms with Crippen LogP contribution >= 0.6 is 11.6 Å². The second-order valence-corrected chi connectivity index (χ2v) is 5.92. The van der Waals surface area contributed by atoms with E-state index < -0.39 is 15.2 Å². The minimum absolute atomic E-state index is 0.465. The first-order chi connectivity index (χ1) is 8.59. The maximum absolute atomic E-state index is 11.2. The van der Waals surface area contributed by atoms with Crippen LogP contribution in [0, 0.1) is 0 Å². The number of anilines is 1. The molecule has 1 heterocycles. The molecule has 18 heavy (non-hydrogen) atoms. The summed E-state index contributed by atoms with van der Waals surface area (Å²) >= 11 is 5.30. The Morgan fingerprint density at radius 2 is 2.00 bits per heavy atom. The normalized spacial score (nSPS) is 11.4. The van der Waals surface area contributed by atoms with Gasteiger partial charge in [0.1, 0.15) is 17.9 Å². The molecule has 96 valence electrons. The summed E-state index contributed by atoms with van der Waals surface area (Å²) in [6.45, 7) is 0.586. The number of hydrogen-bond acceptors (Lipinski definition) is 4. The SMILES string of the molecule is O=S(=O)(CCl)Nc1ccc(Cn2cncn2)cc1. The first kappa shape index (κ1) is 12.8. The van der Waals surface area contributed by atoms with Crippen LogP contribution in [0.1, 0.15) is 5.56 Å². The van der Waals surface area contributed by atoms with Gasteiger partial charge in [0.25, 0.3) is 0 Å². The summed E-state index contributed by atoms with van der Waals surface area (Å²) in [5.41, 5.74) is 1.48. The van der Waals surface area contributed by atoms with Crippen molar-refractivity contribution in [2.45, 2.75) is 6.54 Å². The highest BCUT2D eigenvalue weighted by atomic mass is 35.5. The molecule has 2 aromatic rings. The van der Waals surface area contributed by atoms with Gasteiger partial charge in [-0.25, -0.2) is 18.1 Å². The summed E-state index contributed by atoms with van der Waals surface area (Å²) in [6, 6.07) is 6.98. The zero-order valence-electron chi connectivity index (χ0n) is 9.32. The van der Waals surface area contributed by atoms with Crippen LogP contribution in [0.25, 0.3) is 0 Å². The standard InChI is InChI=1S/C10H11ClN4O2S/c11-6-18(16,17)14-10-3-1-9(2-4-10)5-15-8-12-7-13-15/h1-4,7-8,14H,5-6H2. The van der Waals surface area contributed by atoms with Crippen LogP contribution in [0.5, 0.6) is 0 Å². The summed E-state index contributed by atoms with van der Waals surface area (Å²) < 4.78 is 26.5. The number of alkyl halides is 1. The highest BCUT2D eigenvalue weighted by Gasteiger charge is 2.07. The zero-order chi connectivity index (χ0) is 13.0. The Morgan fingerprint density at radius 1 is 1.28 bits per heavy atom. The summed E-state index contributed by atoms with van der Waals surface area (Å²) in [7, 11) is -3.45. The van der Waals surface area contributed by atoms with Gasteiger partial charge in [0.05, 0.1) is 6.54 Å². The van der Waals surface area contributed by atoms with Gasteiger partial charge < -0.3 is 0 Å². The smallest absolute Gasteiger partial charge is 0.246 e. The molecule has 6 nitrogen and oxygen atoms in total. The van der Waals surface area contributed by atoms with Crippen molar-refractivity contribution in [3.63, 3.8) is 0 Å². The number of aromatic nitrogens is 3. The summed E-state index contributed by atoms with van der Waals surface area (Å²) in [5, 5.41) is 3.52. The van der Waals surface area contributed by atoms with E-state index in [1.807, 2.05) is 12.1 Å². The molecule has 0 bridgehead atoms. The van der Waals surface area contributed by atoms with Gasteiger partial charge in [-0.3, -0.25) is 4.72 Å². The second-order valence-electron chi connectivity index (χ2n) is 3.62. The van der Waals surface area contributed by atoms with E-state index in [2.05, 4.69) is 14.8 Å². The first-order valence-corrected chi connectivity index (χ1v) is 7.25. The lowest BCUT2D eigenvalue weighted by atomic mass is 10.2. The van der Waals surface area contributed by atoms with E-state index in [0.717, 1.165) is 5.56 Å². The molecule has 0 aliphatic heterocycles. The van der Waals surface area contributed by atoms with Gasteiger partial charge in [0.2, 0.25) is 10.0 Å². The minimum atomic E-state index is -3.45. The zero-order valence-corrected chi connectivity index (χ0v) is 10.9. The van der Waals surface area contributed by atoms with E-state index in [-0.39, 0.29) is 0 Å². The van der Waals surface area contributed by atoms with Gasteiger partial charge in [-0.1, -0.05) is 12.1 Å². The molecule has 1 aromatic carbocycles. The van der Waals surface area contributed by atoms with E-state index in [4.69, 9.17) is 11.6 Å². The van der Waals surface area contributed by atoms with Crippen molar-refractivity contribution < 1.29 is 8.42 Å². The predicted octanol–water partition coefficient (Wildman–Crippen LogP) is 1.26. The fraction of sp³-hybridized carbons (Fsp3) is 0.200. The van der Waals surface area contributed by atoms with Crippen molar-refractivity contribution in [1.29, 1.82) is 0 Å². The molecule has 0 radical (unpaired) electrons. The third kappa shape index (κ3) is 3.44.